The smallest absolute Gasteiger partial charge is 0.253 e. The molecule has 2 aromatic rings. The Morgan fingerprint density at radius 3 is 2.75 bits per heavy atom. The summed E-state index contributed by atoms with van der Waals surface area (Å²) in [6.45, 7) is 10.0. The molecular weight excluding hydrogens is 306 g/mol. The van der Waals surface area contributed by atoms with Crippen LogP contribution in [0.15, 0.2) is 6.07 Å². The molecule has 1 aliphatic heterocycles. The first-order chi connectivity index (χ1) is 11.5. The fourth-order valence-corrected chi connectivity index (χ4v) is 3.18. The number of aromatic nitrogens is 3. The van der Waals surface area contributed by atoms with Crippen LogP contribution < -0.4 is 5.32 Å². The molecule has 7 nitrogen and oxygen atoms in total. The lowest BCUT2D eigenvalue weighted by atomic mass is 10.1. The number of hydrogen-bond acceptors (Lipinski definition) is 5. The summed E-state index contributed by atoms with van der Waals surface area (Å²) in [4.78, 5) is 19.5. The van der Waals surface area contributed by atoms with Gasteiger partial charge >= 0.3 is 0 Å². The van der Waals surface area contributed by atoms with Crippen LogP contribution in [0.1, 0.15) is 28.7 Å². The lowest BCUT2D eigenvalue weighted by molar-refractivity contribution is 0.0342. The van der Waals surface area contributed by atoms with Gasteiger partial charge < -0.3 is 10.1 Å². The van der Waals surface area contributed by atoms with Crippen molar-refractivity contribution in [2.75, 3.05) is 32.8 Å². The van der Waals surface area contributed by atoms with Crippen LogP contribution in [0, 0.1) is 13.8 Å². The Bertz CT molecular complexity index is 749. The van der Waals surface area contributed by atoms with Crippen LogP contribution in [-0.2, 0) is 11.8 Å². The Kier molecular flexibility index (Phi) is 4.82. The molecule has 0 spiro atoms. The zero-order chi connectivity index (χ0) is 17.3. The minimum atomic E-state index is -0.0779. The number of morpholine rings is 1. The number of hydrogen-bond donors (Lipinski definition) is 1. The molecule has 1 N–H and O–H groups in total. The van der Waals surface area contributed by atoms with E-state index in [-0.39, 0.29) is 11.9 Å². The minimum Gasteiger partial charge on any atom is -0.379 e. The largest absolute Gasteiger partial charge is 0.379 e. The van der Waals surface area contributed by atoms with Crippen LogP contribution in [-0.4, -0.2) is 64.5 Å². The highest BCUT2D eigenvalue weighted by Gasteiger charge is 2.19. The van der Waals surface area contributed by atoms with E-state index < -0.39 is 0 Å². The monoisotopic (exact) mass is 331 g/mol. The molecule has 1 amide bonds. The Balaban J connectivity index is 1.73. The molecule has 1 saturated heterocycles. The molecule has 1 unspecified atom stereocenters. The maximum absolute atomic E-state index is 12.7. The van der Waals surface area contributed by atoms with Crippen LogP contribution >= 0.6 is 0 Å². The molecule has 3 heterocycles. The van der Waals surface area contributed by atoms with Crippen molar-refractivity contribution in [1.82, 2.24) is 25.0 Å². The Labute approximate surface area is 142 Å². The van der Waals surface area contributed by atoms with E-state index in [9.17, 15) is 4.79 Å². The third kappa shape index (κ3) is 3.42. The third-order valence-electron chi connectivity index (χ3n) is 4.45. The fourth-order valence-electron chi connectivity index (χ4n) is 3.18. The van der Waals surface area contributed by atoms with E-state index in [1.807, 2.05) is 33.9 Å². The number of amides is 1. The number of pyridine rings is 1. The van der Waals surface area contributed by atoms with Crippen molar-refractivity contribution in [3.05, 3.63) is 23.0 Å². The van der Waals surface area contributed by atoms with Crippen molar-refractivity contribution in [2.45, 2.75) is 26.8 Å². The number of fused-ring (bicyclic) bond motifs is 1. The Hall–Kier alpha value is -1.99. The molecule has 2 aromatic heterocycles. The summed E-state index contributed by atoms with van der Waals surface area (Å²) >= 11 is 0. The van der Waals surface area contributed by atoms with E-state index in [4.69, 9.17) is 4.74 Å². The molecule has 1 atom stereocenters. The number of rotatable bonds is 4. The van der Waals surface area contributed by atoms with E-state index in [0.29, 0.717) is 5.56 Å². The molecule has 0 bridgehead atoms. The first-order valence-corrected chi connectivity index (χ1v) is 8.37. The molecule has 0 saturated carbocycles. The summed E-state index contributed by atoms with van der Waals surface area (Å²) in [6, 6.07) is 1.97. The van der Waals surface area contributed by atoms with Crippen LogP contribution in [0.25, 0.3) is 11.0 Å². The predicted octanol–water partition coefficient (Wildman–Crippen LogP) is 1.04. The highest BCUT2D eigenvalue weighted by Crippen LogP contribution is 2.19. The molecule has 130 valence electrons. The Morgan fingerprint density at radius 1 is 1.33 bits per heavy atom. The van der Waals surface area contributed by atoms with Crippen LogP contribution in [0.2, 0.25) is 0 Å². The maximum atomic E-state index is 12.7. The van der Waals surface area contributed by atoms with Gasteiger partial charge in [0.25, 0.3) is 5.91 Å². The quantitative estimate of drug-likeness (QED) is 0.906. The predicted molar refractivity (Wildman–Crippen MR) is 92.2 cm³/mol. The summed E-state index contributed by atoms with van der Waals surface area (Å²) in [6.07, 6.45) is 0. The van der Waals surface area contributed by atoms with Crippen molar-refractivity contribution in [1.29, 1.82) is 0 Å². The summed E-state index contributed by atoms with van der Waals surface area (Å²) < 4.78 is 7.11. The van der Waals surface area contributed by atoms with Gasteiger partial charge in [0.2, 0.25) is 0 Å². The molecule has 3 rings (SSSR count). The molecular formula is C17H25N5O2. The average Bonchev–Trinajstić information content (AvgIpc) is 2.81. The Morgan fingerprint density at radius 2 is 2.04 bits per heavy atom. The topological polar surface area (TPSA) is 72.3 Å². The van der Waals surface area contributed by atoms with E-state index in [1.54, 1.807) is 4.68 Å². The highest BCUT2D eigenvalue weighted by molar-refractivity contribution is 5.98. The molecule has 1 fully saturated rings. The number of aryl methyl sites for hydroxylation is 3. The van der Waals surface area contributed by atoms with Crippen LogP contribution in [0.4, 0.5) is 0 Å². The number of nitrogens with zero attached hydrogens (tertiary/aromatic N) is 4. The van der Waals surface area contributed by atoms with Crippen LogP contribution in [0.5, 0.6) is 0 Å². The molecule has 24 heavy (non-hydrogen) atoms. The summed E-state index contributed by atoms with van der Waals surface area (Å²) in [5, 5.41) is 8.39. The van der Waals surface area contributed by atoms with Gasteiger partial charge in [-0.15, -0.1) is 0 Å². The lowest BCUT2D eigenvalue weighted by Gasteiger charge is -2.29. The second kappa shape index (κ2) is 6.86. The summed E-state index contributed by atoms with van der Waals surface area (Å²) in [5.74, 6) is -0.0779. The van der Waals surface area contributed by atoms with Gasteiger partial charge in [0.05, 0.1) is 30.2 Å². The SMILES string of the molecule is Cc1nc2c(cc1C(=O)NC(C)CN1CCOCC1)c(C)nn2C. The first-order valence-electron chi connectivity index (χ1n) is 8.37. The van der Waals surface area contributed by atoms with Gasteiger partial charge in [-0.2, -0.15) is 5.10 Å². The standard InChI is InChI=1S/C17H25N5O2/c1-11(10-22-5-7-24-8-6-22)18-17(23)15-9-14-13(3)20-21(4)16(14)19-12(15)2/h9,11H,5-8,10H2,1-4H3,(H,18,23). The minimum absolute atomic E-state index is 0.0701. The maximum Gasteiger partial charge on any atom is 0.253 e. The van der Waals surface area contributed by atoms with E-state index in [1.165, 1.54) is 0 Å². The van der Waals surface area contributed by atoms with Gasteiger partial charge in [0.1, 0.15) is 0 Å². The summed E-state index contributed by atoms with van der Waals surface area (Å²) in [5.41, 5.74) is 3.03. The summed E-state index contributed by atoms with van der Waals surface area (Å²) in [7, 11) is 1.87. The third-order valence-corrected chi connectivity index (χ3v) is 4.45. The normalized spacial score (nSPS) is 17.2. The number of carbonyl (C=O) groups excluding carboxylic acids is 1. The van der Waals surface area contributed by atoms with Gasteiger partial charge in [-0.05, 0) is 26.8 Å². The van der Waals surface area contributed by atoms with Crippen molar-refractivity contribution in [3.63, 3.8) is 0 Å². The molecule has 7 heteroatoms. The highest BCUT2D eigenvalue weighted by atomic mass is 16.5. The number of nitrogens with one attached hydrogen (secondary N) is 1. The molecule has 0 radical (unpaired) electrons. The second-order valence-corrected chi connectivity index (χ2v) is 6.49. The van der Waals surface area contributed by atoms with Gasteiger partial charge in [-0.1, -0.05) is 0 Å². The number of carbonyl (C=O) groups is 1. The zero-order valence-electron chi connectivity index (χ0n) is 14.8. The van der Waals surface area contributed by atoms with E-state index in [2.05, 4.69) is 20.3 Å². The average molecular weight is 331 g/mol. The number of ether oxygens (including phenoxy) is 1. The molecule has 1 aliphatic rings. The molecule has 0 aromatic carbocycles. The van der Waals surface area contributed by atoms with E-state index >= 15 is 0 Å². The fraction of sp³-hybridized carbons (Fsp3) is 0.588. The van der Waals surface area contributed by atoms with Crippen molar-refractivity contribution < 1.29 is 9.53 Å². The van der Waals surface area contributed by atoms with Gasteiger partial charge in [-0.25, -0.2) is 4.98 Å². The zero-order valence-corrected chi connectivity index (χ0v) is 14.8. The van der Waals surface area contributed by atoms with Crippen molar-refractivity contribution in [3.8, 4) is 0 Å². The van der Waals surface area contributed by atoms with Crippen molar-refractivity contribution in [2.24, 2.45) is 7.05 Å². The van der Waals surface area contributed by atoms with Crippen LogP contribution in [0.3, 0.4) is 0 Å². The van der Waals surface area contributed by atoms with Gasteiger partial charge in [0.15, 0.2) is 5.65 Å². The van der Waals surface area contributed by atoms with Gasteiger partial charge in [0, 0.05) is 38.1 Å². The lowest BCUT2D eigenvalue weighted by Crippen LogP contribution is -2.46. The van der Waals surface area contributed by atoms with E-state index in [0.717, 1.165) is 55.3 Å². The van der Waals surface area contributed by atoms with Gasteiger partial charge in [-0.3, -0.25) is 14.4 Å². The first kappa shape index (κ1) is 16.9. The molecule has 0 aliphatic carbocycles. The van der Waals surface area contributed by atoms with Crippen molar-refractivity contribution >= 4 is 16.9 Å². The second-order valence-electron chi connectivity index (χ2n) is 6.49.